The molecule has 2 aliphatic rings. The maximum absolute atomic E-state index is 6.20. The maximum Gasteiger partial charge on any atom is 0.0593 e. The molecule has 2 N–H and O–H groups in total. The summed E-state index contributed by atoms with van der Waals surface area (Å²) in [5, 5.41) is 0. The molecule has 0 spiro atoms. The van der Waals surface area contributed by atoms with Gasteiger partial charge in [0.15, 0.2) is 0 Å². The zero-order chi connectivity index (χ0) is 13.7. The van der Waals surface area contributed by atoms with Crippen LogP contribution in [0.5, 0.6) is 0 Å². The molecule has 2 rings (SSSR count). The Morgan fingerprint density at radius 2 is 2.05 bits per heavy atom. The summed E-state index contributed by atoms with van der Waals surface area (Å²) in [4.78, 5) is 2.71. The smallest absolute Gasteiger partial charge is 0.0593 e. The average Bonchev–Trinajstić information content (AvgIpc) is 2.89. The lowest BCUT2D eigenvalue weighted by atomic mass is 9.83. The van der Waals surface area contributed by atoms with Crippen molar-refractivity contribution in [1.29, 1.82) is 0 Å². The van der Waals surface area contributed by atoms with Gasteiger partial charge in [0, 0.05) is 25.2 Å². The minimum Gasteiger partial charge on any atom is -0.378 e. The van der Waals surface area contributed by atoms with Crippen molar-refractivity contribution in [3.05, 3.63) is 0 Å². The highest BCUT2D eigenvalue weighted by atomic mass is 16.5. The highest BCUT2D eigenvalue weighted by molar-refractivity contribution is 4.99. The predicted molar refractivity (Wildman–Crippen MR) is 80.3 cm³/mol. The van der Waals surface area contributed by atoms with E-state index in [9.17, 15) is 0 Å². The molecule has 0 saturated carbocycles. The van der Waals surface area contributed by atoms with Crippen LogP contribution in [0.25, 0.3) is 0 Å². The van der Waals surface area contributed by atoms with Crippen LogP contribution in [0.15, 0.2) is 0 Å². The van der Waals surface area contributed by atoms with E-state index in [1.807, 2.05) is 0 Å². The molecular formula is C16H32N2O. The molecule has 3 heteroatoms. The zero-order valence-electron chi connectivity index (χ0n) is 12.9. The van der Waals surface area contributed by atoms with Gasteiger partial charge >= 0.3 is 0 Å². The van der Waals surface area contributed by atoms with Gasteiger partial charge in [-0.05, 0) is 44.6 Å². The van der Waals surface area contributed by atoms with Gasteiger partial charge in [0.25, 0.3) is 0 Å². The third-order valence-electron chi connectivity index (χ3n) is 5.17. The van der Waals surface area contributed by atoms with E-state index >= 15 is 0 Å². The molecule has 0 aromatic rings. The van der Waals surface area contributed by atoms with Crippen molar-refractivity contribution >= 4 is 0 Å². The van der Waals surface area contributed by atoms with Gasteiger partial charge < -0.3 is 10.5 Å². The number of rotatable bonds is 6. The summed E-state index contributed by atoms with van der Waals surface area (Å²) in [6.07, 6.45) is 9.18. The molecule has 2 heterocycles. The monoisotopic (exact) mass is 268 g/mol. The van der Waals surface area contributed by atoms with Gasteiger partial charge in [0.1, 0.15) is 0 Å². The first-order valence-corrected chi connectivity index (χ1v) is 8.30. The largest absolute Gasteiger partial charge is 0.378 e. The van der Waals surface area contributed by atoms with Crippen molar-refractivity contribution in [2.24, 2.45) is 11.7 Å². The van der Waals surface area contributed by atoms with Crippen LogP contribution in [0.1, 0.15) is 58.8 Å². The van der Waals surface area contributed by atoms with E-state index in [0.717, 1.165) is 31.9 Å². The van der Waals surface area contributed by atoms with E-state index in [2.05, 4.69) is 18.7 Å². The topological polar surface area (TPSA) is 38.5 Å². The highest BCUT2D eigenvalue weighted by Crippen LogP contribution is 2.36. The van der Waals surface area contributed by atoms with Gasteiger partial charge in [-0.1, -0.05) is 26.7 Å². The Bertz CT molecular complexity index is 269. The van der Waals surface area contributed by atoms with E-state index in [-0.39, 0.29) is 5.54 Å². The molecule has 19 heavy (non-hydrogen) atoms. The molecule has 3 atom stereocenters. The van der Waals surface area contributed by atoms with Gasteiger partial charge in [0.05, 0.1) is 6.10 Å². The lowest BCUT2D eigenvalue weighted by Gasteiger charge is -2.46. The molecule has 2 saturated heterocycles. The van der Waals surface area contributed by atoms with Crippen LogP contribution in [-0.2, 0) is 4.74 Å². The number of ether oxygens (including phenoxy) is 1. The first-order valence-electron chi connectivity index (χ1n) is 8.30. The van der Waals surface area contributed by atoms with E-state index in [1.54, 1.807) is 0 Å². The zero-order valence-corrected chi connectivity index (χ0v) is 12.9. The summed E-state index contributed by atoms with van der Waals surface area (Å²) in [6, 6.07) is 0. The van der Waals surface area contributed by atoms with Gasteiger partial charge in [-0.25, -0.2) is 0 Å². The second kappa shape index (κ2) is 7.05. The fourth-order valence-corrected chi connectivity index (χ4v) is 4.02. The van der Waals surface area contributed by atoms with Crippen LogP contribution < -0.4 is 5.73 Å². The summed E-state index contributed by atoms with van der Waals surface area (Å²) >= 11 is 0. The Morgan fingerprint density at radius 3 is 2.74 bits per heavy atom. The summed E-state index contributed by atoms with van der Waals surface area (Å²) in [5.74, 6) is 0.904. The van der Waals surface area contributed by atoms with E-state index in [4.69, 9.17) is 10.5 Å². The molecule has 112 valence electrons. The van der Waals surface area contributed by atoms with Crippen molar-refractivity contribution in [2.45, 2.75) is 70.4 Å². The summed E-state index contributed by atoms with van der Waals surface area (Å²) in [5.41, 5.74) is 6.44. The second-order valence-electron chi connectivity index (χ2n) is 6.55. The number of nitrogens with two attached hydrogens (primary N) is 1. The minimum atomic E-state index is 0.237. The molecule has 0 radical (unpaired) electrons. The molecule has 3 unspecified atom stereocenters. The molecule has 2 fully saturated rings. The number of hydrogen-bond donors (Lipinski definition) is 1. The van der Waals surface area contributed by atoms with Crippen molar-refractivity contribution < 1.29 is 4.74 Å². The Balaban J connectivity index is 1.97. The average molecular weight is 268 g/mol. The normalized spacial score (nSPS) is 36.8. The minimum absolute atomic E-state index is 0.237. The standard InChI is InChI=1S/C16H32N2O/c1-3-5-14-7-9-18(12-14)16(13-17)8-10-19-15(11-16)6-4-2/h14-15H,3-13,17H2,1-2H3. The Kier molecular flexibility index (Phi) is 5.67. The third-order valence-corrected chi connectivity index (χ3v) is 5.17. The van der Waals surface area contributed by atoms with Crippen LogP contribution in [0.3, 0.4) is 0 Å². The molecule has 2 aliphatic heterocycles. The Morgan fingerprint density at radius 1 is 1.26 bits per heavy atom. The van der Waals surface area contributed by atoms with Crippen molar-refractivity contribution in [1.82, 2.24) is 4.90 Å². The fraction of sp³-hybridized carbons (Fsp3) is 1.00. The van der Waals surface area contributed by atoms with Crippen LogP contribution >= 0.6 is 0 Å². The van der Waals surface area contributed by atoms with Crippen LogP contribution in [0.4, 0.5) is 0 Å². The lowest BCUT2D eigenvalue weighted by molar-refractivity contribution is -0.0686. The number of likely N-dealkylation sites (tertiary alicyclic amines) is 1. The quantitative estimate of drug-likeness (QED) is 0.805. The van der Waals surface area contributed by atoms with Crippen molar-refractivity contribution in [2.75, 3.05) is 26.2 Å². The summed E-state index contributed by atoms with van der Waals surface area (Å²) < 4.78 is 5.93. The van der Waals surface area contributed by atoms with Gasteiger partial charge in [-0.3, -0.25) is 4.90 Å². The van der Waals surface area contributed by atoms with E-state index < -0.39 is 0 Å². The molecule has 0 aliphatic carbocycles. The number of hydrogen-bond acceptors (Lipinski definition) is 3. The van der Waals surface area contributed by atoms with Crippen molar-refractivity contribution in [3.63, 3.8) is 0 Å². The first-order chi connectivity index (χ1) is 9.24. The molecule has 0 aromatic carbocycles. The summed E-state index contributed by atoms with van der Waals surface area (Å²) in [7, 11) is 0. The first kappa shape index (κ1) is 15.3. The second-order valence-corrected chi connectivity index (χ2v) is 6.55. The molecule has 0 aromatic heterocycles. The number of nitrogens with zero attached hydrogens (tertiary/aromatic N) is 1. The highest BCUT2D eigenvalue weighted by Gasteiger charge is 2.43. The third kappa shape index (κ3) is 3.50. The van der Waals surface area contributed by atoms with Gasteiger partial charge in [-0.2, -0.15) is 0 Å². The van der Waals surface area contributed by atoms with E-state index in [0.29, 0.717) is 6.10 Å². The lowest BCUT2D eigenvalue weighted by Crippen LogP contribution is -2.57. The fourth-order valence-electron chi connectivity index (χ4n) is 4.02. The molecular weight excluding hydrogens is 236 g/mol. The Labute approximate surface area is 118 Å². The SMILES string of the molecule is CCCC1CCN(C2(CN)CCOC(CCC)C2)C1. The molecule has 3 nitrogen and oxygen atoms in total. The van der Waals surface area contributed by atoms with Crippen molar-refractivity contribution in [3.8, 4) is 0 Å². The van der Waals surface area contributed by atoms with Crippen LogP contribution in [0, 0.1) is 5.92 Å². The van der Waals surface area contributed by atoms with E-state index in [1.165, 1.54) is 45.2 Å². The summed E-state index contributed by atoms with van der Waals surface area (Å²) in [6.45, 7) is 8.76. The van der Waals surface area contributed by atoms with Gasteiger partial charge in [-0.15, -0.1) is 0 Å². The maximum atomic E-state index is 6.20. The Hall–Kier alpha value is -0.120. The molecule has 0 bridgehead atoms. The van der Waals surface area contributed by atoms with Crippen LogP contribution in [-0.4, -0.2) is 42.8 Å². The van der Waals surface area contributed by atoms with Gasteiger partial charge in [0.2, 0.25) is 0 Å². The van der Waals surface area contributed by atoms with Crippen LogP contribution in [0.2, 0.25) is 0 Å². The molecule has 0 amide bonds. The predicted octanol–water partition coefficient (Wildman–Crippen LogP) is 2.79.